The summed E-state index contributed by atoms with van der Waals surface area (Å²) in [6.45, 7) is 1.90. The molecule has 2 rings (SSSR count). The number of aromatic nitrogens is 3. The van der Waals surface area contributed by atoms with Crippen LogP contribution in [0.15, 0.2) is 9.80 Å². The summed E-state index contributed by atoms with van der Waals surface area (Å²) in [7, 11) is 0. The molecule has 0 saturated carbocycles. The van der Waals surface area contributed by atoms with Crippen molar-refractivity contribution < 1.29 is 14.3 Å². The number of thiazole rings is 1. The zero-order chi connectivity index (χ0) is 12.3. The summed E-state index contributed by atoms with van der Waals surface area (Å²) >= 11 is 1.51. The third-order valence-corrected chi connectivity index (χ3v) is 2.86. The van der Waals surface area contributed by atoms with Crippen molar-refractivity contribution in [3.05, 3.63) is 16.3 Å². The number of aliphatic carboxylic acids is 1. The third kappa shape index (κ3) is 3.10. The Morgan fingerprint density at radius 2 is 2.35 bits per heavy atom. The van der Waals surface area contributed by atoms with Crippen LogP contribution < -0.4 is 0 Å². The molecule has 6 nitrogen and oxygen atoms in total. The van der Waals surface area contributed by atoms with Gasteiger partial charge in [-0.3, -0.25) is 4.79 Å². The SMILES string of the molecule is Cc1nc(-c2nnc(CCCC(=O)O)o2)cs1. The van der Waals surface area contributed by atoms with E-state index in [0.29, 0.717) is 30.3 Å². The van der Waals surface area contributed by atoms with Crippen LogP contribution in [0.25, 0.3) is 11.6 Å². The molecule has 90 valence electrons. The Balaban J connectivity index is 1.98. The molecule has 0 spiro atoms. The van der Waals surface area contributed by atoms with Crippen molar-refractivity contribution in [2.45, 2.75) is 26.2 Å². The zero-order valence-corrected chi connectivity index (χ0v) is 10.0. The Hall–Kier alpha value is -1.76. The van der Waals surface area contributed by atoms with Crippen molar-refractivity contribution >= 4 is 17.3 Å². The Morgan fingerprint density at radius 1 is 1.53 bits per heavy atom. The van der Waals surface area contributed by atoms with Crippen LogP contribution in [0.1, 0.15) is 23.7 Å². The van der Waals surface area contributed by atoms with Gasteiger partial charge < -0.3 is 9.52 Å². The third-order valence-electron chi connectivity index (χ3n) is 2.09. The number of hydrogen-bond donors (Lipinski definition) is 1. The molecule has 2 aromatic heterocycles. The molecule has 0 aliphatic heterocycles. The standard InChI is InChI=1S/C10H11N3O3S/c1-6-11-7(5-17-6)10-13-12-8(16-10)3-2-4-9(14)15/h5H,2-4H2,1H3,(H,14,15). The van der Waals surface area contributed by atoms with Gasteiger partial charge in [-0.05, 0) is 13.3 Å². The van der Waals surface area contributed by atoms with Gasteiger partial charge in [0.15, 0.2) is 0 Å². The van der Waals surface area contributed by atoms with E-state index < -0.39 is 5.97 Å². The lowest BCUT2D eigenvalue weighted by atomic mass is 10.2. The molecule has 0 saturated heterocycles. The monoisotopic (exact) mass is 253 g/mol. The molecule has 0 aromatic carbocycles. The molecule has 0 amide bonds. The fourth-order valence-electron chi connectivity index (χ4n) is 1.31. The second-order valence-electron chi connectivity index (χ2n) is 3.50. The van der Waals surface area contributed by atoms with E-state index in [1.807, 2.05) is 12.3 Å². The quantitative estimate of drug-likeness (QED) is 0.875. The average molecular weight is 253 g/mol. The number of carboxylic acid groups (broad SMARTS) is 1. The van der Waals surface area contributed by atoms with Gasteiger partial charge in [0.05, 0.1) is 5.01 Å². The lowest BCUT2D eigenvalue weighted by Crippen LogP contribution is -1.95. The predicted octanol–water partition coefficient (Wildman–Crippen LogP) is 1.91. The summed E-state index contributed by atoms with van der Waals surface area (Å²) in [4.78, 5) is 14.6. The van der Waals surface area contributed by atoms with Crippen molar-refractivity contribution in [2.24, 2.45) is 0 Å². The molecule has 0 unspecified atom stereocenters. The topological polar surface area (TPSA) is 89.1 Å². The molecule has 0 bridgehead atoms. The van der Waals surface area contributed by atoms with Gasteiger partial charge in [0.25, 0.3) is 5.89 Å². The number of carbonyl (C=O) groups is 1. The van der Waals surface area contributed by atoms with E-state index in [4.69, 9.17) is 9.52 Å². The van der Waals surface area contributed by atoms with Gasteiger partial charge >= 0.3 is 5.97 Å². The fraction of sp³-hybridized carbons (Fsp3) is 0.400. The molecule has 7 heteroatoms. The minimum Gasteiger partial charge on any atom is -0.481 e. The zero-order valence-electron chi connectivity index (χ0n) is 9.21. The summed E-state index contributed by atoms with van der Waals surface area (Å²) in [5.41, 5.74) is 0.671. The first-order valence-electron chi connectivity index (χ1n) is 5.12. The highest BCUT2D eigenvalue weighted by molar-refractivity contribution is 7.09. The summed E-state index contributed by atoms with van der Waals surface area (Å²) in [5, 5.41) is 19.0. The first kappa shape index (κ1) is 11.7. The molecule has 1 N–H and O–H groups in total. The van der Waals surface area contributed by atoms with Gasteiger partial charge in [-0.15, -0.1) is 21.5 Å². The van der Waals surface area contributed by atoms with Crippen LogP contribution >= 0.6 is 11.3 Å². The van der Waals surface area contributed by atoms with Crippen molar-refractivity contribution in [3.8, 4) is 11.6 Å². The Morgan fingerprint density at radius 3 is 3.00 bits per heavy atom. The summed E-state index contributed by atoms with van der Waals surface area (Å²) < 4.78 is 5.39. The predicted molar refractivity (Wildman–Crippen MR) is 60.7 cm³/mol. The molecule has 17 heavy (non-hydrogen) atoms. The maximum Gasteiger partial charge on any atom is 0.303 e. The molecule has 0 aliphatic rings. The number of hydrogen-bond acceptors (Lipinski definition) is 6. The van der Waals surface area contributed by atoms with Crippen LogP contribution in [0.5, 0.6) is 0 Å². The Kier molecular flexibility index (Phi) is 3.48. The number of nitrogens with zero attached hydrogens (tertiary/aromatic N) is 3. The van der Waals surface area contributed by atoms with Crippen LogP contribution in [0.3, 0.4) is 0 Å². The second kappa shape index (κ2) is 5.05. The highest BCUT2D eigenvalue weighted by Crippen LogP contribution is 2.20. The number of carboxylic acids is 1. The largest absolute Gasteiger partial charge is 0.481 e. The Labute approximate surface area is 101 Å². The molecular weight excluding hydrogens is 242 g/mol. The van der Waals surface area contributed by atoms with Gasteiger partial charge in [-0.25, -0.2) is 4.98 Å². The van der Waals surface area contributed by atoms with Gasteiger partial charge in [-0.2, -0.15) is 0 Å². The van der Waals surface area contributed by atoms with Crippen molar-refractivity contribution in [3.63, 3.8) is 0 Å². The van der Waals surface area contributed by atoms with E-state index in [-0.39, 0.29) is 6.42 Å². The first-order valence-corrected chi connectivity index (χ1v) is 6.00. The number of aryl methyl sites for hydroxylation is 2. The van der Waals surface area contributed by atoms with E-state index in [2.05, 4.69) is 15.2 Å². The van der Waals surface area contributed by atoms with Crippen LogP contribution in [0.4, 0.5) is 0 Å². The average Bonchev–Trinajstić information content (AvgIpc) is 2.86. The summed E-state index contributed by atoms with van der Waals surface area (Å²) in [5.74, 6) is 0.0199. The first-order chi connectivity index (χ1) is 8.15. The second-order valence-corrected chi connectivity index (χ2v) is 4.56. The normalized spacial score (nSPS) is 10.6. The van der Waals surface area contributed by atoms with E-state index >= 15 is 0 Å². The van der Waals surface area contributed by atoms with E-state index in [0.717, 1.165) is 5.01 Å². The number of rotatable bonds is 5. The van der Waals surface area contributed by atoms with Crippen LogP contribution in [0.2, 0.25) is 0 Å². The van der Waals surface area contributed by atoms with Crippen molar-refractivity contribution in [2.75, 3.05) is 0 Å². The smallest absolute Gasteiger partial charge is 0.303 e. The summed E-state index contributed by atoms with van der Waals surface area (Å²) in [6.07, 6.45) is 1.07. The maximum atomic E-state index is 10.3. The lowest BCUT2D eigenvalue weighted by molar-refractivity contribution is -0.137. The molecule has 0 atom stereocenters. The van der Waals surface area contributed by atoms with Crippen LogP contribution in [-0.2, 0) is 11.2 Å². The van der Waals surface area contributed by atoms with Gasteiger partial charge in [0.1, 0.15) is 5.69 Å². The van der Waals surface area contributed by atoms with Gasteiger partial charge in [-0.1, -0.05) is 0 Å². The van der Waals surface area contributed by atoms with Gasteiger partial charge in [0, 0.05) is 18.2 Å². The summed E-state index contributed by atoms with van der Waals surface area (Å²) in [6, 6.07) is 0. The highest BCUT2D eigenvalue weighted by Gasteiger charge is 2.11. The fourth-order valence-corrected chi connectivity index (χ4v) is 1.90. The van der Waals surface area contributed by atoms with Crippen LogP contribution in [-0.4, -0.2) is 26.3 Å². The lowest BCUT2D eigenvalue weighted by Gasteiger charge is -1.91. The van der Waals surface area contributed by atoms with E-state index in [1.165, 1.54) is 11.3 Å². The molecule has 2 heterocycles. The molecule has 0 fully saturated rings. The molecule has 2 aromatic rings. The van der Waals surface area contributed by atoms with Crippen LogP contribution in [0, 0.1) is 6.92 Å². The minimum absolute atomic E-state index is 0.105. The molecule has 0 aliphatic carbocycles. The van der Waals surface area contributed by atoms with E-state index in [9.17, 15) is 4.79 Å². The van der Waals surface area contributed by atoms with Gasteiger partial charge in [0.2, 0.25) is 5.89 Å². The maximum absolute atomic E-state index is 10.3. The van der Waals surface area contributed by atoms with E-state index in [1.54, 1.807) is 0 Å². The Bertz CT molecular complexity index is 520. The minimum atomic E-state index is -0.820. The molecular formula is C10H11N3O3S. The highest BCUT2D eigenvalue weighted by atomic mass is 32.1. The molecule has 0 radical (unpaired) electrons. The van der Waals surface area contributed by atoms with Crippen molar-refractivity contribution in [1.29, 1.82) is 0 Å². The van der Waals surface area contributed by atoms with Crippen molar-refractivity contribution in [1.82, 2.24) is 15.2 Å².